The first kappa shape index (κ1) is 10.4. The minimum absolute atomic E-state index is 0.526. The van der Waals surface area contributed by atoms with Gasteiger partial charge in [-0.1, -0.05) is 18.2 Å². The predicted molar refractivity (Wildman–Crippen MR) is 58.3 cm³/mol. The lowest BCUT2D eigenvalue weighted by molar-refractivity contribution is -0.142. The summed E-state index contributed by atoms with van der Waals surface area (Å²) < 4.78 is 0. The van der Waals surface area contributed by atoms with Crippen LogP contribution in [0.1, 0.15) is 5.56 Å². The standard InChI is InChI=1S/C11H10N2O3/c1-7-4-2-3-5-9(7)13-10(14)8(6-12-13)11(15)16/h2-6,8H,1H3,(H,15,16). The number of aryl methyl sites for hydroxylation is 1. The molecule has 1 aromatic carbocycles. The average molecular weight is 218 g/mol. The number of hydrogen-bond acceptors (Lipinski definition) is 3. The molecule has 0 aliphatic carbocycles. The summed E-state index contributed by atoms with van der Waals surface area (Å²) in [7, 11) is 0. The predicted octanol–water partition coefficient (Wildman–Crippen LogP) is 1.03. The van der Waals surface area contributed by atoms with Gasteiger partial charge in [0.2, 0.25) is 0 Å². The topological polar surface area (TPSA) is 70.0 Å². The van der Waals surface area contributed by atoms with E-state index in [9.17, 15) is 9.59 Å². The number of amides is 1. The van der Waals surface area contributed by atoms with Gasteiger partial charge in [-0.25, -0.2) is 0 Å². The minimum atomic E-state index is -1.18. The normalized spacial score (nSPS) is 19.2. The Balaban J connectivity index is 2.33. The van der Waals surface area contributed by atoms with Gasteiger partial charge in [0.1, 0.15) is 0 Å². The number of nitrogens with zero attached hydrogens (tertiary/aromatic N) is 2. The molecule has 0 spiro atoms. The summed E-state index contributed by atoms with van der Waals surface area (Å²) in [5.74, 6) is -2.87. The largest absolute Gasteiger partial charge is 0.480 e. The maximum Gasteiger partial charge on any atom is 0.321 e. The lowest BCUT2D eigenvalue weighted by Crippen LogP contribution is -2.31. The number of carboxylic acid groups (broad SMARTS) is 1. The van der Waals surface area contributed by atoms with Crippen LogP contribution in [-0.4, -0.2) is 23.2 Å². The summed E-state index contributed by atoms with van der Waals surface area (Å²) in [5, 5.41) is 13.7. The van der Waals surface area contributed by atoms with Gasteiger partial charge in [-0.3, -0.25) is 9.59 Å². The molecule has 1 atom stereocenters. The molecular formula is C11H10N2O3. The van der Waals surface area contributed by atoms with Crippen molar-refractivity contribution >= 4 is 23.8 Å². The zero-order valence-corrected chi connectivity index (χ0v) is 8.62. The molecule has 0 saturated carbocycles. The molecule has 1 heterocycles. The lowest BCUT2D eigenvalue weighted by atomic mass is 10.1. The van der Waals surface area contributed by atoms with Gasteiger partial charge in [0.25, 0.3) is 5.91 Å². The monoisotopic (exact) mass is 218 g/mol. The quantitative estimate of drug-likeness (QED) is 0.753. The van der Waals surface area contributed by atoms with Gasteiger partial charge in [0.05, 0.1) is 5.69 Å². The van der Waals surface area contributed by atoms with E-state index in [1.807, 2.05) is 19.1 Å². The van der Waals surface area contributed by atoms with Gasteiger partial charge in [0.15, 0.2) is 5.92 Å². The van der Waals surface area contributed by atoms with Gasteiger partial charge in [-0.2, -0.15) is 10.1 Å². The molecule has 0 saturated heterocycles. The van der Waals surface area contributed by atoms with E-state index in [0.717, 1.165) is 16.8 Å². The molecule has 1 aliphatic heterocycles. The number of hydrogen-bond donors (Lipinski definition) is 1. The Morgan fingerprint density at radius 2 is 2.12 bits per heavy atom. The Labute approximate surface area is 92.0 Å². The van der Waals surface area contributed by atoms with Crippen molar-refractivity contribution in [2.45, 2.75) is 6.92 Å². The van der Waals surface area contributed by atoms with Gasteiger partial charge >= 0.3 is 5.97 Å². The second kappa shape index (κ2) is 3.77. The number of aliphatic carboxylic acids is 1. The van der Waals surface area contributed by atoms with Crippen molar-refractivity contribution in [1.29, 1.82) is 0 Å². The van der Waals surface area contributed by atoms with E-state index in [-0.39, 0.29) is 0 Å². The number of carbonyl (C=O) groups is 2. The molecule has 16 heavy (non-hydrogen) atoms. The van der Waals surface area contributed by atoms with Crippen molar-refractivity contribution in [3.8, 4) is 0 Å². The second-order valence-corrected chi connectivity index (χ2v) is 3.52. The molecule has 1 aliphatic rings. The van der Waals surface area contributed by atoms with Crippen molar-refractivity contribution < 1.29 is 14.7 Å². The van der Waals surface area contributed by atoms with Crippen LogP contribution in [0, 0.1) is 12.8 Å². The van der Waals surface area contributed by atoms with Crippen LogP contribution in [0.3, 0.4) is 0 Å². The first-order chi connectivity index (χ1) is 7.61. The highest BCUT2D eigenvalue weighted by Crippen LogP contribution is 2.24. The number of benzene rings is 1. The third-order valence-electron chi connectivity index (χ3n) is 2.42. The van der Waals surface area contributed by atoms with Crippen LogP contribution in [0.15, 0.2) is 29.4 Å². The van der Waals surface area contributed by atoms with Crippen LogP contribution in [-0.2, 0) is 9.59 Å². The highest BCUT2D eigenvalue weighted by molar-refractivity contribution is 6.19. The summed E-state index contributed by atoms with van der Waals surface area (Å²) in [6, 6.07) is 7.19. The summed E-state index contributed by atoms with van der Waals surface area (Å²) in [6.07, 6.45) is 1.15. The molecule has 0 bridgehead atoms. The van der Waals surface area contributed by atoms with E-state index in [1.54, 1.807) is 12.1 Å². The number of carboxylic acids is 1. The SMILES string of the molecule is Cc1ccccc1N1N=CC(C(=O)O)C1=O. The Morgan fingerprint density at radius 1 is 1.44 bits per heavy atom. The third kappa shape index (κ3) is 1.56. The van der Waals surface area contributed by atoms with Gasteiger partial charge in [-0.15, -0.1) is 0 Å². The van der Waals surface area contributed by atoms with Crippen molar-refractivity contribution in [2.24, 2.45) is 11.0 Å². The smallest absolute Gasteiger partial charge is 0.321 e. The van der Waals surface area contributed by atoms with E-state index >= 15 is 0 Å². The minimum Gasteiger partial charge on any atom is -0.480 e. The fourth-order valence-electron chi connectivity index (χ4n) is 1.54. The van der Waals surface area contributed by atoms with Crippen LogP contribution in [0.25, 0.3) is 0 Å². The summed E-state index contributed by atoms with van der Waals surface area (Å²) >= 11 is 0. The average Bonchev–Trinajstić information content (AvgIpc) is 2.61. The van der Waals surface area contributed by atoms with Crippen molar-refractivity contribution in [3.05, 3.63) is 29.8 Å². The maximum atomic E-state index is 11.7. The molecular weight excluding hydrogens is 208 g/mol. The van der Waals surface area contributed by atoms with Gasteiger partial charge in [0, 0.05) is 6.21 Å². The Morgan fingerprint density at radius 3 is 2.69 bits per heavy atom. The summed E-state index contributed by atoms with van der Waals surface area (Å²) in [6.45, 7) is 1.84. The zero-order chi connectivity index (χ0) is 11.7. The highest BCUT2D eigenvalue weighted by Gasteiger charge is 2.35. The zero-order valence-electron chi connectivity index (χ0n) is 8.62. The van der Waals surface area contributed by atoms with E-state index in [4.69, 9.17) is 5.11 Å². The van der Waals surface area contributed by atoms with Crippen molar-refractivity contribution in [3.63, 3.8) is 0 Å². The molecule has 1 unspecified atom stereocenters. The van der Waals surface area contributed by atoms with Crippen molar-refractivity contribution in [1.82, 2.24) is 0 Å². The van der Waals surface area contributed by atoms with Gasteiger partial charge in [-0.05, 0) is 18.6 Å². The molecule has 0 fully saturated rings. The van der Waals surface area contributed by atoms with E-state index < -0.39 is 17.8 Å². The molecule has 1 N–H and O–H groups in total. The molecule has 1 aromatic rings. The summed E-state index contributed by atoms with van der Waals surface area (Å²) in [4.78, 5) is 22.5. The lowest BCUT2D eigenvalue weighted by Gasteiger charge is -2.15. The third-order valence-corrected chi connectivity index (χ3v) is 2.42. The molecule has 5 nitrogen and oxygen atoms in total. The molecule has 0 aromatic heterocycles. The molecule has 82 valence electrons. The van der Waals surface area contributed by atoms with E-state index in [0.29, 0.717) is 5.69 Å². The number of anilines is 1. The molecule has 5 heteroatoms. The first-order valence-corrected chi connectivity index (χ1v) is 4.78. The first-order valence-electron chi connectivity index (χ1n) is 4.78. The Hall–Kier alpha value is -2.17. The van der Waals surface area contributed by atoms with Crippen LogP contribution in [0.2, 0.25) is 0 Å². The number of rotatable bonds is 2. The Kier molecular flexibility index (Phi) is 2.44. The van der Waals surface area contributed by atoms with Crippen LogP contribution in [0.4, 0.5) is 5.69 Å². The fraction of sp³-hybridized carbons (Fsp3) is 0.182. The number of carbonyl (C=O) groups excluding carboxylic acids is 1. The van der Waals surface area contributed by atoms with Gasteiger partial charge < -0.3 is 5.11 Å². The van der Waals surface area contributed by atoms with Crippen LogP contribution in [0.5, 0.6) is 0 Å². The number of para-hydroxylation sites is 1. The van der Waals surface area contributed by atoms with Crippen molar-refractivity contribution in [2.75, 3.05) is 5.01 Å². The van der Waals surface area contributed by atoms with E-state index in [2.05, 4.69) is 5.10 Å². The van der Waals surface area contributed by atoms with Crippen LogP contribution < -0.4 is 5.01 Å². The Bertz CT molecular complexity index is 482. The summed E-state index contributed by atoms with van der Waals surface area (Å²) in [5.41, 5.74) is 1.49. The van der Waals surface area contributed by atoms with Crippen LogP contribution >= 0.6 is 0 Å². The second-order valence-electron chi connectivity index (χ2n) is 3.52. The number of hydrazone groups is 1. The molecule has 1 amide bonds. The maximum absolute atomic E-state index is 11.7. The molecule has 0 radical (unpaired) electrons. The highest BCUT2D eigenvalue weighted by atomic mass is 16.4. The van der Waals surface area contributed by atoms with E-state index in [1.165, 1.54) is 0 Å². The fourth-order valence-corrected chi connectivity index (χ4v) is 1.54. The molecule has 2 rings (SSSR count).